The summed E-state index contributed by atoms with van der Waals surface area (Å²) in [7, 11) is 0. The molecule has 3 heterocycles. The highest BCUT2D eigenvalue weighted by Gasteiger charge is 2.10. The highest BCUT2D eigenvalue weighted by molar-refractivity contribution is 5.95. The highest BCUT2D eigenvalue weighted by Crippen LogP contribution is 2.15. The summed E-state index contributed by atoms with van der Waals surface area (Å²) in [5.74, 6) is 1.81. The van der Waals surface area contributed by atoms with E-state index in [9.17, 15) is 4.79 Å². The predicted molar refractivity (Wildman–Crippen MR) is 106 cm³/mol. The monoisotopic (exact) mass is 389 g/mol. The van der Waals surface area contributed by atoms with Gasteiger partial charge in [0.1, 0.15) is 17.3 Å². The smallest absolute Gasteiger partial charge is 0.251 e. The van der Waals surface area contributed by atoms with Gasteiger partial charge in [0.2, 0.25) is 0 Å². The summed E-state index contributed by atoms with van der Waals surface area (Å²) in [6, 6.07) is 10.9. The Hall–Kier alpha value is -4.01. The highest BCUT2D eigenvalue weighted by atomic mass is 16.3. The molecular formula is C20H19N7O2. The lowest BCUT2D eigenvalue weighted by Gasteiger charge is -2.08. The van der Waals surface area contributed by atoms with Crippen molar-refractivity contribution >= 4 is 11.6 Å². The zero-order valence-corrected chi connectivity index (χ0v) is 15.7. The van der Waals surface area contributed by atoms with Gasteiger partial charge >= 0.3 is 0 Å². The number of pyridine rings is 1. The first kappa shape index (κ1) is 18.4. The minimum atomic E-state index is -0.185. The van der Waals surface area contributed by atoms with E-state index >= 15 is 0 Å². The Kier molecular flexibility index (Phi) is 5.28. The van der Waals surface area contributed by atoms with E-state index in [2.05, 4.69) is 35.8 Å². The molecule has 1 amide bonds. The molecule has 0 unspecified atom stereocenters. The molecule has 9 heteroatoms. The second-order valence-corrected chi connectivity index (χ2v) is 6.31. The number of aromatic nitrogens is 5. The summed E-state index contributed by atoms with van der Waals surface area (Å²) >= 11 is 0. The first-order valence-corrected chi connectivity index (χ1v) is 9.02. The van der Waals surface area contributed by atoms with Crippen LogP contribution in [0, 0.1) is 6.92 Å². The SMILES string of the molecule is Cc1ocnc1CNC(=O)c1cccc(NCc2nc(-c3ccncc3)n[nH]2)c1. The minimum absolute atomic E-state index is 0.185. The number of hydrogen-bond acceptors (Lipinski definition) is 7. The van der Waals surface area contributed by atoms with Crippen LogP contribution in [-0.2, 0) is 13.1 Å². The van der Waals surface area contributed by atoms with Crippen LogP contribution in [-0.4, -0.2) is 31.1 Å². The fourth-order valence-electron chi connectivity index (χ4n) is 2.72. The second-order valence-electron chi connectivity index (χ2n) is 6.31. The lowest BCUT2D eigenvalue weighted by molar-refractivity contribution is 0.0950. The molecular weight excluding hydrogens is 370 g/mol. The molecule has 0 atom stereocenters. The number of nitrogens with one attached hydrogen (secondary N) is 3. The molecule has 4 rings (SSSR count). The van der Waals surface area contributed by atoms with Crippen LogP contribution in [0.5, 0.6) is 0 Å². The third-order valence-electron chi connectivity index (χ3n) is 4.32. The number of amides is 1. The third-order valence-corrected chi connectivity index (χ3v) is 4.32. The van der Waals surface area contributed by atoms with Crippen molar-refractivity contribution in [3.8, 4) is 11.4 Å². The Bertz CT molecular complexity index is 1100. The van der Waals surface area contributed by atoms with E-state index in [0.717, 1.165) is 11.3 Å². The van der Waals surface area contributed by atoms with Gasteiger partial charge < -0.3 is 15.1 Å². The van der Waals surface area contributed by atoms with E-state index < -0.39 is 0 Å². The molecule has 1 aromatic carbocycles. The summed E-state index contributed by atoms with van der Waals surface area (Å²) in [6.45, 7) is 2.57. The first-order valence-electron chi connectivity index (χ1n) is 9.02. The molecule has 0 saturated heterocycles. The van der Waals surface area contributed by atoms with Crippen LogP contribution in [0.3, 0.4) is 0 Å². The summed E-state index contributed by atoms with van der Waals surface area (Å²) in [4.78, 5) is 24.9. The zero-order valence-electron chi connectivity index (χ0n) is 15.7. The number of anilines is 1. The summed E-state index contributed by atoms with van der Waals surface area (Å²) in [5, 5.41) is 13.2. The Morgan fingerprint density at radius 3 is 2.83 bits per heavy atom. The van der Waals surface area contributed by atoms with Crippen molar-refractivity contribution < 1.29 is 9.21 Å². The zero-order chi connectivity index (χ0) is 20.1. The Morgan fingerprint density at radius 1 is 1.17 bits per heavy atom. The quantitative estimate of drug-likeness (QED) is 0.444. The van der Waals surface area contributed by atoms with Gasteiger partial charge in [0, 0.05) is 29.2 Å². The predicted octanol–water partition coefficient (Wildman–Crippen LogP) is 2.71. The maximum atomic E-state index is 12.4. The fourth-order valence-corrected chi connectivity index (χ4v) is 2.72. The van der Waals surface area contributed by atoms with Crippen molar-refractivity contribution in [3.05, 3.63) is 78.0 Å². The van der Waals surface area contributed by atoms with Crippen molar-refractivity contribution in [2.24, 2.45) is 0 Å². The number of aryl methyl sites for hydroxylation is 1. The Morgan fingerprint density at radius 2 is 2.03 bits per heavy atom. The topological polar surface area (TPSA) is 122 Å². The summed E-state index contributed by atoms with van der Waals surface area (Å²) < 4.78 is 5.14. The minimum Gasteiger partial charge on any atom is -0.448 e. The Labute approximate surface area is 166 Å². The van der Waals surface area contributed by atoms with E-state index in [0.29, 0.717) is 41.8 Å². The fraction of sp³-hybridized carbons (Fsp3) is 0.150. The van der Waals surface area contributed by atoms with Gasteiger partial charge in [0.25, 0.3) is 5.91 Å². The van der Waals surface area contributed by atoms with Crippen molar-refractivity contribution in [3.63, 3.8) is 0 Å². The number of hydrogen-bond donors (Lipinski definition) is 3. The molecule has 3 aromatic heterocycles. The van der Waals surface area contributed by atoms with E-state index in [1.54, 1.807) is 24.5 Å². The van der Waals surface area contributed by atoms with E-state index in [4.69, 9.17) is 4.42 Å². The van der Waals surface area contributed by atoms with E-state index in [1.807, 2.05) is 31.2 Å². The average Bonchev–Trinajstić information content (AvgIpc) is 3.40. The van der Waals surface area contributed by atoms with Crippen LogP contribution in [0.1, 0.15) is 27.6 Å². The molecule has 9 nitrogen and oxygen atoms in total. The van der Waals surface area contributed by atoms with Crippen molar-refractivity contribution in [1.82, 2.24) is 30.5 Å². The first-order chi connectivity index (χ1) is 14.2. The normalized spacial score (nSPS) is 10.7. The molecule has 0 bridgehead atoms. The van der Waals surface area contributed by atoms with Crippen LogP contribution in [0.15, 0.2) is 59.6 Å². The second kappa shape index (κ2) is 8.34. The average molecular weight is 389 g/mol. The number of rotatable bonds is 7. The molecule has 146 valence electrons. The number of H-pyrrole nitrogens is 1. The van der Waals surface area contributed by atoms with Gasteiger partial charge in [-0.2, -0.15) is 5.10 Å². The number of aromatic amines is 1. The number of carbonyl (C=O) groups is 1. The maximum absolute atomic E-state index is 12.4. The Balaban J connectivity index is 1.36. The van der Waals surface area contributed by atoms with Gasteiger partial charge in [-0.1, -0.05) is 6.07 Å². The van der Waals surface area contributed by atoms with Gasteiger partial charge in [0.05, 0.1) is 13.1 Å². The molecule has 4 aromatic rings. The van der Waals surface area contributed by atoms with Gasteiger partial charge in [0.15, 0.2) is 12.2 Å². The van der Waals surface area contributed by atoms with Gasteiger partial charge in [-0.25, -0.2) is 9.97 Å². The molecule has 0 spiro atoms. The molecule has 0 radical (unpaired) electrons. The molecule has 0 fully saturated rings. The van der Waals surface area contributed by atoms with Crippen LogP contribution in [0.4, 0.5) is 5.69 Å². The van der Waals surface area contributed by atoms with Crippen molar-refractivity contribution in [2.45, 2.75) is 20.0 Å². The number of oxazole rings is 1. The van der Waals surface area contributed by atoms with Crippen molar-refractivity contribution in [1.29, 1.82) is 0 Å². The molecule has 29 heavy (non-hydrogen) atoms. The van der Waals surface area contributed by atoms with Crippen LogP contribution in [0.2, 0.25) is 0 Å². The van der Waals surface area contributed by atoms with E-state index in [-0.39, 0.29) is 5.91 Å². The molecule has 0 aliphatic heterocycles. The lowest BCUT2D eigenvalue weighted by atomic mass is 10.2. The van der Waals surface area contributed by atoms with Crippen LogP contribution < -0.4 is 10.6 Å². The van der Waals surface area contributed by atoms with E-state index in [1.165, 1.54) is 6.39 Å². The molecule has 3 N–H and O–H groups in total. The van der Waals surface area contributed by atoms with Gasteiger partial charge in [-0.15, -0.1) is 0 Å². The number of benzene rings is 1. The molecule has 0 aliphatic rings. The summed E-state index contributed by atoms with van der Waals surface area (Å²) in [6.07, 6.45) is 4.76. The largest absolute Gasteiger partial charge is 0.448 e. The van der Waals surface area contributed by atoms with Crippen molar-refractivity contribution in [2.75, 3.05) is 5.32 Å². The molecule has 0 aliphatic carbocycles. The maximum Gasteiger partial charge on any atom is 0.251 e. The lowest BCUT2D eigenvalue weighted by Crippen LogP contribution is -2.23. The van der Waals surface area contributed by atoms with Crippen LogP contribution in [0.25, 0.3) is 11.4 Å². The van der Waals surface area contributed by atoms with Crippen LogP contribution >= 0.6 is 0 Å². The van der Waals surface area contributed by atoms with Gasteiger partial charge in [-0.3, -0.25) is 14.9 Å². The van der Waals surface area contributed by atoms with Gasteiger partial charge in [-0.05, 0) is 37.3 Å². The number of nitrogens with zero attached hydrogens (tertiary/aromatic N) is 4. The summed E-state index contributed by atoms with van der Waals surface area (Å²) in [5.41, 5.74) is 2.95. The molecule has 0 saturated carbocycles. The third kappa shape index (κ3) is 4.46. The standard InChI is InChI=1S/C20H19N7O2/c1-13-17(24-12-29-13)10-23-20(28)15-3-2-4-16(9-15)22-11-18-25-19(27-26-18)14-5-7-21-8-6-14/h2-9,12,22H,10-11H2,1H3,(H,23,28)(H,25,26,27). The number of carbonyl (C=O) groups excluding carboxylic acids is 1.